The summed E-state index contributed by atoms with van der Waals surface area (Å²) in [6, 6.07) is 2.24. The van der Waals surface area contributed by atoms with E-state index in [0.29, 0.717) is 12.5 Å². The minimum absolute atomic E-state index is 0.245. The maximum atomic E-state index is 10.6. The van der Waals surface area contributed by atoms with Crippen molar-refractivity contribution in [1.29, 1.82) is 0 Å². The Balaban J connectivity index is 1.87. The van der Waals surface area contributed by atoms with Crippen LogP contribution in [-0.4, -0.2) is 17.3 Å². The third-order valence-corrected chi connectivity index (χ3v) is 5.00. The summed E-state index contributed by atoms with van der Waals surface area (Å²) in [6.07, 6.45) is 4.22. The van der Waals surface area contributed by atoms with Gasteiger partial charge in [-0.15, -0.1) is 11.3 Å². The fraction of sp³-hybridized carbons (Fsp3) is 0.714. The highest BCUT2D eigenvalue weighted by Crippen LogP contribution is 2.32. The monoisotopic (exact) mass is 287 g/mol. The van der Waals surface area contributed by atoms with Gasteiger partial charge in [-0.05, 0) is 42.7 Å². The van der Waals surface area contributed by atoms with Crippen molar-refractivity contribution in [3.8, 4) is 0 Å². The fourth-order valence-corrected chi connectivity index (χ4v) is 3.79. The average molecular weight is 288 g/mol. The van der Waals surface area contributed by atoms with Gasteiger partial charge in [-0.25, -0.2) is 0 Å². The molecule has 2 nitrogen and oxygen atoms in total. The Hall–Kier alpha value is -0.0900. The van der Waals surface area contributed by atoms with Crippen LogP contribution in [-0.2, 0) is 0 Å². The van der Waals surface area contributed by atoms with Crippen LogP contribution in [0, 0.1) is 5.92 Å². The summed E-state index contributed by atoms with van der Waals surface area (Å²) in [5.41, 5.74) is 0.684. The largest absolute Gasteiger partial charge is 0.389 e. The highest BCUT2D eigenvalue weighted by atomic mass is 35.5. The number of halogens is 1. The lowest BCUT2D eigenvalue weighted by molar-refractivity contribution is -0.0134. The van der Waals surface area contributed by atoms with Crippen LogP contribution in [0.3, 0.4) is 0 Å². The number of nitrogens with one attached hydrogen (secondary N) is 1. The second-order valence-corrected chi connectivity index (χ2v) is 7.26. The standard InChI is InChI=1S/C14H22ClNOS/c1-10-4-3-5-14(17,7-10)9-16-11(2)12-6-13(15)18-8-12/h6,8,10-11,16-17H,3-5,7,9H2,1-2H3. The molecule has 2 rings (SSSR count). The van der Waals surface area contributed by atoms with Gasteiger partial charge in [0.15, 0.2) is 0 Å². The molecule has 18 heavy (non-hydrogen) atoms. The topological polar surface area (TPSA) is 32.3 Å². The Bertz CT molecular complexity index is 395. The molecule has 1 heterocycles. The quantitative estimate of drug-likeness (QED) is 0.877. The highest BCUT2D eigenvalue weighted by molar-refractivity contribution is 7.14. The van der Waals surface area contributed by atoms with E-state index in [0.717, 1.165) is 23.6 Å². The van der Waals surface area contributed by atoms with E-state index in [9.17, 15) is 5.11 Å². The van der Waals surface area contributed by atoms with Crippen molar-refractivity contribution in [3.05, 3.63) is 21.3 Å². The first-order valence-corrected chi connectivity index (χ1v) is 7.94. The van der Waals surface area contributed by atoms with Crippen LogP contribution in [0.4, 0.5) is 0 Å². The average Bonchev–Trinajstić information content (AvgIpc) is 2.73. The van der Waals surface area contributed by atoms with Gasteiger partial charge in [0, 0.05) is 12.6 Å². The van der Waals surface area contributed by atoms with Crippen molar-refractivity contribution in [3.63, 3.8) is 0 Å². The maximum Gasteiger partial charge on any atom is 0.0931 e. The van der Waals surface area contributed by atoms with Crippen LogP contribution in [0.5, 0.6) is 0 Å². The van der Waals surface area contributed by atoms with E-state index >= 15 is 0 Å². The zero-order valence-corrected chi connectivity index (χ0v) is 12.7. The summed E-state index contributed by atoms with van der Waals surface area (Å²) in [6.45, 7) is 5.02. The first kappa shape index (κ1) is 14.3. The van der Waals surface area contributed by atoms with Gasteiger partial charge >= 0.3 is 0 Å². The van der Waals surface area contributed by atoms with Crippen molar-refractivity contribution in [1.82, 2.24) is 5.32 Å². The molecule has 3 atom stereocenters. The lowest BCUT2D eigenvalue weighted by Gasteiger charge is -2.36. The summed E-state index contributed by atoms with van der Waals surface area (Å²) in [5, 5.41) is 16.1. The van der Waals surface area contributed by atoms with Crippen molar-refractivity contribution < 1.29 is 5.11 Å². The van der Waals surface area contributed by atoms with E-state index in [4.69, 9.17) is 11.6 Å². The number of hydrogen-bond donors (Lipinski definition) is 2. The molecule has 1 saturated carbocycles. The van der Waals surface area contributed by atoms with Crippen LogP contribution in [0.25, 0.3) is 0 Å². The summed E-state index contributed by atoms with van der Waals surface area (Å²) in [7, 11) is 0. The second-order valence-electron chi connectivity index (χ2n) is 5.71. The van der Waals surface area contributed by atoms with Gasteiger partial charge in [0.25, 0.3) is 0 Å². The molecule has 0 amide bonds. The lowest BCUT2D eigenvalue weighted by atomic mass is 9.79. The SMILES string of the molecule is CC1CCCC(O)(CNC(C)c2csc(Cl)c2)C1. The molecule has 1 fully saturated rings. The van der Waals surface area contributed by atoms with Crippen LogP contribution in [0.2, 0.25) is 4.34 Å². The highest BCUT2D eigenvalue weighted by Gasteiger charge is 2.32. The van der Waals surface area contributed by atoms with Crippen LogP contribution >= 0.6 is 22.9 Å². The molecule has 0 bridgehead atoms. The Morgan fingerprint density at radius 1 is 1.67 bits per heavy atom. The molecule has 0 aromatic carbocycles. The number of aliphatic hydroxyl groups is 1. The molecule has 4 heteroatoms. The van der Waals surface area contributed by atoms with Crippen LogP contribution in [0.15, 0.2) is 11.4 Å². The minimum Gasteiger partial charge on any atom is -0.389 e. The lowest BCUT2D eigenvalue weighted by Crippen LogP contribution is -2.44. The van der Waals surface area contributed by atoms with Gasteiger partial charge in [0.2, 0.25) is 0 Å². The van der Waals surface area contributed by atoms with E-state index in [1.165, 1.54) is 12.0 Å². The summed E-state index contributed by atoms with van der Waals surface area (Å²) < 4.78 is 0.823. The molecule has 0 saturated heterocycles. The molecule has 102 valence electrons. The Kier molecular flexibility index (Phi) is 4.70. The minimum atomic E-state index is -0.522. The summed E-state index contributed by atoms with van der Waals surface area (Å²) in [5.74, 6) is 0.636. The van der Waals surface area contributed by atoms with E-state index in [-0.39, 0.29) is 6.04 Å². The first-order valence-electron chi connectivity index (χ1n) is 6.68. The van der Waals surface area contributed by atoms with Crippen molar-refractivity contribution in [2.24, 2.45) is 5.92 Å². The second kappa shape index (κ2) is 5.91. The van der Waals surface area contributed by atoms with Gasteiger partial charge in [-0.2, -0.15) is 0 Å². The van der Waals surface area contributed by atoms with Gasteiger partial charge in [0.1, 0.15) is 0 Å². The predicted octanol–water partition coefficient (Wildman–Crippen LogP) is 3.99. The van der Waals surface area contributed by atoms with E-state index in [2.05, 4.69) is 24.5 Å². The van der Waals surface area contributed by atoms with Gasteiger partial charge in [-0.3, -0.25) is 0 Å². The maximum absolute atomic E-state index is 10.6. The van der Waals surface area contributed by atoms with Gasteiger partial charge in [-0.1, -0.05) is 31.4 Å². The Labute approximate surface area is 118 Å². The Morgan fingerprint density at radius 3 is 3.06 bits per heavy atom. The first-order chi connectivity index (χ1) is 8.48. The number of rotatable bonds is 4. The molecule has 0 spiro atoms. The molecule has 1 aromatic heterocycles. The third-order valence-electron chi connectivity index (χ3n) is 3.89. The van der Waals surface area contributed by atoms with Gasteiger partial charge < -0.3 is 10.4 Å². The van der Waals surface area contributed by atoms with Crippen molar-refractivity contribution in [2.75, 3.05) is 6.54 Å². The third kappa shape index (κ3) is 3.70. The number of hydrogen-bond acceptors (Lipinski definition) is 3. The molecule has 0 radical (unpaired) electrons. The molecule has 3 unspecified atom stereocenters. The summed E-state index contributed by atoms with van der Waals surface area (Å²) in [4.78, 5) is 0. The molecular weight excluding hydrogens is 266 g/mol. The molecule has 1 aliphatic carbocycles. The predicted molar refractivity (Wildman–Crippen MR) is 78.3 cm³/mol. The molecule has 1 aliphatic rings. The molecule has 0 aliphatic heterocycles. The van der Waals surface area contributed by atoms with E-state index in [1.807, 2.05) is 6.07 Å². The smallest absolute Gasteiger partial charge is 0.0931 e. The fourth-order valence-electron chi connectivity index (χ4n) is 2.80. The number of thiophene rings is 1. The zero-order valence-electron chi connectivity index (χ0n) is 11.1. The van der Waals surface area contributed by atoms with Crippen LogP contribution < -0.4 is 5.32 Å². The molecule has 2 N–H and O–H groups in total. The van der Waals surface area contributed by atoms with Crippen molar-refractivity contribution in [2.45, 2.75) is 51.2 Å². The summed E-state index contributed by atoms with van der Waals surface area (Å²) >= 11 is 7.50. The zero-order chi connectivity index (χ0) is 13.2. The van der Waals surface area contributed by atoms with Crippen molar-refractivity contribution >= 4 is 22.9 Å². The van der Waals surface area contributed by atoms with Gasteiger partial charge in [0.05, 0.1) is 9.94 Å². The molecular formula is C14H22ClNOS. The van der Waals surface area contributed by atoms with E-state index in [1.54, 1.807) is 11.3 Å². The normalized spacial score (nSPS) is 30.3. The van der Waals surface area contributed by atoms with E-state index < -0.39 is 5.60 Å². The van der Waals surface area contributed by atoms with Crippen LogP contribution in [0.1, 0.15) is 51.1 Å². The molecule has 1 aromatic rings. The Morgan fingerprint density at radius 2 is 2.44 bits per heavy atom.